The van der Waals surface area contributed by atoms with E-state index in [9.17, 15) is 0 Å². The normalized spacial score (nSPS) is 16.7. The molecular formula is C15H18ClN3. The van der Waals surface area contributed by atoms with Crippen LogP contribution in [0.3, 0.4) is 0 Å². The van der Waals surface area contributed by atoms with Gasteiger partial charge in [-0.3, -0.25) is 0 Å². The molecule has 1 aromatic carbocycles. The van der Waals surface area contributed by atoms with Crippen molar-refractivity contribution in [1.29, 1.82) is 0 Å². The molecule has 1 fully saturated rings. The van der Waals surface area contributed by atoms with Gasteiger partial charge >= 0.3 is 0 Å². The first kappa shape index (κ1) is 12.7. The molecule has 100 valence electrons. The van der Waals surface area contributed by atoms with Crippen LogP contribution in [0, 0.1) is 0 Å². The molecule has 1 aromatic heterocycles. The fourth-order valence-electron chi connectivity index (χ4n) is 2.73. The van der Waals surface area contributed by atoms with Gasteiger partial charge in [-0.25, -0.2) is 4.98 Å². The molecule has 1 aliphatic heterocycles. The third-order valence-corrected chi connectivity index (χ3v) is 3.94. The van der Waals surface area contributed by atoms with Crippen molar-refractivity contribution < 1.29 is 0 Å². The summed E-state index contributed by atoms with van der Waals surface area (Å²) in [4.78, 5) is 4.52. The molecule has 0 amide bonds. The molecule has 1 aliphatic rings. The van der Waals surface area contributed by atoms with Crippen LogP contribution in [-0.4, -0.2) is 22.6 Å². The predicted octanol–water partition coefficient (Wildman–Crippen LogP) is 3.05. The molecule has 3 rings (SSSR count). The number of benzene rings is 1. The van der Waals surface area contributed by atoms with Crippen molar-refractivity contribution in [2.45, 2.75) is 25.3 Å². The average molecular weight is 276 g/mol. The van der Waals surface area contributed by atoms with Crippen LogP contribution in [0.15, 0.2) is 36.7 Å². The fourth-order valence-corrected chi connectivity index (χ4v) is 2.94. The van der Waals surface area contributed by atoms with E-state index in [0.717, 1.165) is 30.4 Å². The Bertz CT molecular complexity index is 544. The molecule has 0 bridgehead atoms. The summed E-state index contributed by atoms with van der Waals surface area (Å²) in [6, 6.07) is 8.61. The van der Waals surface area contributed by atoms with Crippen LogP contribution in [0.25, 0.3) is 0 Å². The van der Waals surface area contributed by atoms with E-state index < -0.39 is 0 Å². The molecule has 19 heavy (non-hydrogen) atoms. The van der Waals surface area contributed by atoms with Gasteiger partial charge < -0.3 is 9.88 Å². The van der Waals surface area contributed by atoms with Gasteiger partial charge in [0.05, 0.1) is 0 Å². The van der Waals surface area contributed by atoms with Crippen LogP contribution in [-0.2, 0) is 6.42 Å². The number of nitrogens with zero attached hydrogens (tertiary/aromatic N) is 2. The molecule has 0 unspecified atom stereocenters. The highest BCUT2D eigenvalue weighted by atomic mass is 35.5. The third-order valence-electron chi connectivity index (χ3n) is 3.70. The lowest BCUT2D eigenvalue weighted by Gasteiger charge is -2.25. The lowest BCUT2D eigenvalue weighted by atomic mass is 10.1. The summed E-state index contributed by atoms with van der Waals surface area (Å²) in [5, 5.41) is 4.19. The minimum absolute atomic E-state index is 0.581. The minimum atomic E-state index is 0.581. The lowest BCUT2D eigenvalue weighted by Crippen LogP contribution is -2.29. The fraction of sp³-hybridized carbons (Fsp3) is 0.400. The molecule has 1 N–H and O–H groups in total. The van der Waals surface area contributed by atoms with E-state index in [1.807, 2.05) is 24.4 Å². The van der Waals surface area contributed by atoms with E-state index in [4.69, 9.17) is 11.6 Å². The van der Waals surface area contributed by atoms with Gasteiger partial charge in [-0.05, 0) is 43.6 Å². The highest BCUT2D eigenvalue weighted by molar-refractivity contribution is 6.30. The summed E-state index contributed by atoms with van der Waals surface area (Å²) in [5.41, 5.74) is 1.22. The van der Waals surface area contributed by atoms with Gasteiger partial charge in [-0.15, -0.1) is 0 Å². The first-order valence-electron chi connectivity index (χ1n) is 6.80. The number of rotatable bonds is 3. The van der Waals surface area contributed by atoms with Gasteiger partial charge in [-0.1, -0.05) is 23.7 Å². The van der Waals surface area contributed by atoms with Gasteiger partial charge in [0, 0.05) is 29.9 Å². The number of nitrogens with one attached hydrogen (secondary N) is 1. The Morgan fingerprint density at radius 2 is 2.16 bits per heavy atom. The first-order chi connectivity index (χ1) is 9.33. The van der Waals surface area contributed by atoms with Gasteiger partial charge in [0.25, 0.3) is 0 Å². The molecule has 0 spiro atoms. The van der Waals surface area contributed by atoms with Crippen molar-refractivity contribution in [3.05, 3.63) is 53.1 Å². The van der Waals surface area contributed by atoms with E-state index in [-0.39, 0.29) is 0 Å². The van der Waals surface area contributed by atoms with Crippen molar-refractivity contribution in [2.24, 2.45) is 0 Å². The molecular weight excluding hydrogens is 258 g/mol. The topological polar surface area (TPSA) is 29.9 Å². The monoisotopic (exact) mass is 275 g/mol. The molecule has 0 saturated carbocycles. The quantitative estimate of drug-likeness (QED) is 0.933. The summed E-state index contributed by atoms with van der Waals surface area (Å²) < 4.78 is 2.34. The van der Waals surface area contributed by atoms with Crippen LogP contribution >= 0.6 is 11.6 Å². The summed E-state index contributed by atoms with van der Waals surface area (Å²) in [6.07, 6.45) is 7.22. The number of piperidine rings is 1. The highest BCUT2D eigenvalue weighted by Crippen LogP contribution is 2.22. The predicted molar refractivity (Wildman–Crippen MR) is 77.6 cm³/mol. The summed E-state index contributed by atoms with van der Waals surface area (Å²) in [6.45, 7) is 2.19. The molecule has 0 aliphatic carbocycles. The van der Waals surface area contributed by atoms with Gasteiger partial charge in [0.15, 0.2) is 0 Å². The molecule has 2 heterocycles. The maximum Gasteiger partial charge on any atom is 0.113 e. The first-order valence-corrected chi connectivity index (χ1v) is 7.17. The molecule has 3 nitrogen and oxygen atoms in total. The van der Waals surface area contributed by atoms with Crippen LogP contribution in [0.2, 0.25) is 5.02 Å². The Labute approximate surface area is 118 Å². The largest absolute Gasteiger partial charge is 0.332 e. The van der Waals surface area contributed by atoms with Gasteiger partial charge in [0.1, 0.15) is 5.82 Å². The molecule has 4 heteroatoms. The third kappa shape index (κ3) is 2.99. The molecule has 0 radical (unpaired) electrons. The van der Waals surface area contributed by atoms with Crippen molar-refractivity contribution in [3.63, 3.8) is 0 Å². The van der Waals surface area contributed by atoms with E-state index in [1.54, 1.807) is 0 Å². The van der Waals surface area contributed by atoms with E-state index in [2.05, 4.69) is 27.1 Å². The number of hydrogen-bond acceptors (Lipinski definition) is 2. The maximum absolute atomic E-state index is 6.04. The lowest BCUT2D eigenvalue weighted by molar-refractivity contribution is 0.361. The van der Waals surface area contributed by atoms with Crippen LogP contribution in [0.1, 0.15) is 30.3 Å². The second kappa shape index (κ2) is 5.76. The van der Waals surface area contributed by atoms with Crippen LogP contribution in [0.5, 0.6) is 0 Å². The second-order valence-electron chi connectivity index (χ2n) is 5.04. The summed E-state index contributed by atoms with van der Waals surface area (Å²) in [7, 11) is 0. The summed E-state index contributed by atoms with van der Waals surface area (Å²) in [5.74, 6) is 1.13. The Balaban J connectivity index is 1.80. The average Bonchev–Trinajstić information content (AvgIpc) is 2.88. The molecule has 1 saturated heterocycles. The standard InChI is InChI=1S/C15H18ClN3/c16-13-3-1-2-12(10-13)11-15-18-8-9-19(15)14-4-6-17-7-5-14/h1-3,8-10,14,17H,4-7,11H2. The van der Waals surface area contributed by atoms with Gasteiger partial charge in [0.2, 0.25) is 0 Å². The van der Waals surface area contributed by atoms with Crippen molar-refractivity contribution >= 4 is 11.6 Å². The Morgan fingerprint density at radius 1 is 1.32 bits per heavy atom. The zero-order valence-corrected chi connectivity index (χ0v) is 11.6. The second-order valence-corrected chi connectivity index (χ2v) is 5.48. The van der Waals surface area contributed by atoms with E-state index >= 15 is 0 Å². The molecule has 2 aromatic rings. The number of hydrogen-bond donors (Lipinski definition) is 1. The maximum atomic E-state index is 6.04. The van der Waals surface area contributed by atoms with Crippen LogP contribution in [0.4, 0.5) is 0 Å². The van der Waals surface area contributed by atoms with E-state index in [1.165, 1.54) is 18.4 Å². The smallest absolute Gasteiger partial charge is 0.113 e. The molecule has 0 atom stereocenters. The minimum Gasteiger partial charge on any atom is -0.332 e. The zero-order valence-electron chi connectivity index (χ0n) is 10.8. The van der Waals surface area contributed by atoms with Crippen LogP contribution < -0.4 is 5.32 Å². The van der Waals surface area contributed by atoms with Gasteiger partial charge in [-0.2, -0.15) is 0 Å². The number of imidazole rings is 1. The Kier molecular flexibility index (Phi) is 3.85. The number of halogens is 1. The van der Waals surface area contributed by atoms with Crippen molar-refractivity contribution in [3.8, 4) is 0 Å². The zero-order chi connectivity index (χ0) is 13.1. The Morgan fingerprint density at radius 3 is 2.95 bits per heavy atom. The SMILES string of the molecule is Clc1cccc(Cc2nccn2C2CCNCC2)c1. The summed E-state index contributed by atoms with van der Waals surface area (Å²) >= 11 is 6.04. The van der Waals surface area contributed by atoms with Crippen molar-refractivity contribution in [2.75, 3.05) is 13.1 Å². The number of aromatic nitrogens is 2. The van der Waals surface area contributed by atoms with E-state index in [0.29, 0.717) is 6.04 Å². The Hall–Kier alpha value is -1.32. The highest BCUT2D eigenvalue weighted by Gasteiger charge is 2.17. The van der Waals surface area contributed by atoms with Crippen molar-refractivity contribution in [1.82, 2.24) is 14.9 Å².